The van der Waals surface area contributed by atoms with Gasteiger partial charge in [0.15, 0.2) is 6.29 Å². The van der Waals surface area contributed by atoms with E-state index in [1.54, 1.807) is 0 Å². The zero-order valence-corrected chi connectivity index (χ0v) is 9.98. The lowest BCUT2D eigenvalue weighted by atomic mass is 10.0. The molecule has 3 N–H and O–H groups in total. The fourth-order valence-corrected chi connectivity index (χ4v) is 1.98. The third kappa shape index (κ3) is 3.07. The maximum atomic E-state index is 9.81. The van der Waals surface area contributed by atoms with Gasteiger partial charge in [0.1, 0.15) is 12.2 Å². The topological polar surface area (TPSA) is 79.2 Å². The summed E-state index contributed by atoms with van der Waals surface area (Å²) < 4.78 is 11.0. The lowest BCUT2D eigenvalue weighted by Crippen LogP contribution is -2.47. The standard InChI is InChI=1S/C13H18O5/c14-7-6-10(15)12-11(16)8-17-13(18-12)9-4-2-1-3-5-9/h1-5,10-16H,6-8H2/t10-,11-,12+,13?/m1/s1. The van der Waals surface area contributed by atoms with Crippen LogP contribution in [-0.4, -0.2) is 46.8 Å². The van der Waals surface area contributed by atoms with Crippen molar-refractivity contribution in [3.8, 4) is 0 Å². The van der Waals surface area contributed by atoms with Crippen LogP contribution >= 0.6 is 0 Å². The van der Waals surface area contributed by atoms with Gasteiger partial charge in [-0.3, -0.25) is 0 Å². The molecule has 2 rings (SSSR count). The molecule has 1 saturated heterocycles. The predicted octanol–water partition coefficient (Wildman–Crippen LogP) is 0.205. The molecule has 18 heavy (non-hydrogen) atoms. The molecule has 5 heteroatoms. The Morgan fingerprint density at radius 1 is 1.28 bits per heavy atom. The molecule has 0 bridgehead atoms. The van der Waals surface area contributed by atoms with E-state index in [2.05, 4.69) is 0 Å². The molecule has 1 aliphatic rings. The van der Waals surface area contributed by atoms with Crippen molar-refractivity contribution in [3.63, 3.8) is 0 Å². The molecule has 5 nitrogen and oxygen atoms in total. The Bertz CT molecular complexity index is 356. The van der Waals surface area contributed by atoms with Crippen LogP contribution in [0.3, 0.4) is 0 Å². The lowest BCUT2D eigenvalue weighted by molar-refractivity contribution is -0.276. The first kappa shape index (κ1) is 13.5. The molecule has 1 fully saturated rings. The summed E-state index contributed by atoms with van der Waals surface area (Å²) in [5.41, 5.74) is 0.839. The highest BCUT2D eigenvalue weighted by molar-refractivity contribution is 5.16. The average molecular weight is 254 g/mol. The molecule has 0 aromatic heterocycles. The largest absolute Gasteiger partial charge is 0.396 e. The van der Waals surface area contributed by atoms with Gasteiger partial charge in [0.25, 0.3) is 0 Å². The van der Waals surface area contributed by atoms with Crippen molar-refractivity contribution in [3.05, 3.63) is 35.9 Å². The van der Waals surface area contributed by atoms with Crippen molar-refractivity contribution < 1.29 is 24.8 Å². The molecule has 1 heterocycles. The number of hydrogen-bond donors (Lipinski definition) is 3. The van der Waals surface area contributed by atoms with E-state index in [0.29, 0.717) is 0 Å². The molecule has 1 unspecified atom stereocenters. The van der Waals surface area contributed by atoms with Crippen molar-refractivity contribution >= 4 is 0 Å². The highest BCUT2D eigenvalue weighted by atomic mass is 16.7. The van der Waals surface area contributed by atoms with Crippen molar-refractivity contribution in [2.45, 2.75) is 31.0 Å². The molecule has 0 amide bonds. The zero-order valence-electron chi connectivity index (χ0n) is 9.98. The van der Waals surface area contributed by atoms with Crippen molar-refractivity contribution in [1.82, 2.24) is 0 Å². The molecule has 0 aliphatic carbocycles. The first-order valence-electron chi connectivity index (χ1n) is 6.01. The molecular formula is C13H18O5. The summed E-state index contributed by atoms with van der Waals surface area (Å²) in [5, 5.41) is 28.4. The first-order chi connectivity index (χ1) is 8.72. The van der Waals surface area contributed by atoms with Crippen LogP contribution in [0.15, 0.2) is 30.3 Å². The van der Waals surface area contributed by atoms with Gasteiger partial charge in [-0.15, -0.1) is 0 Å². The van der Waals surface area contributed by atoms with Gasteiger partial charge in [0.2, 0.25) is 0 Å². The lowest BCUT2D eigenvalue weighted by Gasteiger charge is -2.36. The van der Waals surface area contributed by atoms with E-state index >= 15 is 0 Å². The van der Waals surface area contributed by atoms with Gasteiger partial charge >= 0.3 is 0 Å². The van der Waals surface area contributed by atoms with Gasteiger partial charge < -0.3 is 24.8 Å². The van der Waals surface area contributed by atoms with Gasteiger partial charge in [-0.05, 0) is 6.42 Å². The molecular weight excluding hydrogens is 236 g/mol. The summed E-state index contributed by atoms with van der Waals surface area (Å²) in [5.74, 6) is 0. The van der Waals surface area contributed by atoms with Crippen molar-refractivity contribution in [2.24, 2.45) is 0 Å². The Kier molecular flexibility index (Phi) is 4.68. The number of hydrogen-bond acceptors (Lipinski definition) is 5. The Hall–Kier alpha value is -0.980. The first-order valence-corrected chi connectivity index (χ1v) is 6.01. The Balaban J connectivity index is 2.04. The number of ether oxygens (including phenoxy) is 2. The van der Waals surface area contributed by atoms with Crippen LogP contribution in [0.25, 0.3) is 0 Å². The number of benzene rings is 1. The third-order valence-electron chi connectivity index (χ3n) is 2.95. The molecule has 1 aromatic rings. The predicted molar refractivity (Wildman–Crippen MR) is 63.7 cm³/mol. The minimum absolute atomic E-state index is 0.104. The summed E-state index contributed by atoms with van der Waals surface area (Å²) in [6, 6.07) is 9.34. The molecule has 4 atom stereocenters. The summed E-state index contributed by atoms with van der Waals surface area (Å²) in [6.07, 6.45) is -2.95. The molecule has 1 aliphatic heterocycles. The van der Waals surface area contributed by atoms with Crippen LogP contribution in [0.5, 0.6) is 0 Å². The Morgan fingerprint density at radius 2 is 2.00 bits per heavy atom. The summed E-state index contributed by atoms with van der Waals surface area (Å²) in [6.45, 7) is -0.0443. The van der Waals surface area contributed by atoms with E-state index in [9.17, 15) is 10.2 Å². The van der Waals surface area contributed by atoms with Crippen LogP contribution in [0, 0.1) is 0 Å². The quantitative estimate of drug-likeness (QED) is 0.715. The van der Waals surface area contributed by atoms with Crippen LogP contribution in [0.1, 0.15) is 18.3 Å². The van der Waals surface area contributed by atoms with E-state index in [-0.39, 0.29) is 19.6 Å². The van der Waals surface area contributed by atoms with Crippen molar-refractivity contribution in [1.29, 1.82) is 0 Å². The van der Waals surface area contributed by atoms with E-state index in [4.69, 9.17) is 14.6 Å². The molecule has 0 radical (unpaired) electrons. The second-order valence-corrected chi connectivity index (χ2v) is 4.32. The fourth-order valence-electron chi connectivity index (χ4n) is 1.98. The second-order valence-electron chi connectivity index (χ2n) is 4.32. The maximum Gasteiger partial charge on any atom is 0.184 e. The van der Waals surface area contributed by atoms with Gasteiger partial charge in [-0.2, -0.15) is 0 Å². The third-order valence-corrected chi connectivity index (χ3v) is 2.95. The second kappa shape index (κ2) is 6.26. The van der Waals surface area contributed by atoms with E-state index in [1.165, 1.54) is 0 Å². The molecule has 0 spiro atoms. The van der Waals surface area contributed by atoms with Crippen LogP contribution in [0.2, 0.25) is 0 Å². The zero-order chi connectivity index (χ0) is 13.0. The maximum absolute atomic E-state index is 9.81. The fraction of sp³-hybridized carbons (Fsp3) is 0.538. The highest BCUT2D eigenvalue weighted by Crippen LogP contribution is 2.28. The molecule has 0 saturated carbocycles. The number of aliphatic hydroxyl groups is 3. The van der Waals surface area contributed by atoms with E-state index in [1.807, 2.05) is 30.3 Å². The molecule has 100 valence electrons. The van der Waals surface area contributed by atoms with Gasteiger partial charge in [0.05, 0.1) is 12.7 Å². The van der Waals surface area contributed by atoms with E-state index in [0.717, 1.165) is 5.56 Å². The summed E-state index contributed by atoms with van der Waals surface area (Å²) in [4.78, 5) is 0. The SMILES string of the molecule is OCC[C@@H](O)[C@@H]1OC(c2ccccc2)OC[C@H]1O. The van der Waals surface area contributed by atoms with Crippen LogP contribution < -0.4 is 0 Å². The monoisotopic (exact) mass is 254 g/mol. The van der Waals surface area contributed by atoms with Crippen molar-refractivity contribution in [2.75, 3.05) is 13.2 Å². The number of rotatable bonds is 4. The molecule has 1 aromatic carbocycles. The summed E-state index contributed by atoms with van der Waals surface area (Å²) in [7, 11) is 0. The minimum Gasteiger partial charge on any atom is -0.396 e. The normalized spacial score (nSPS) is 30.1. The van der Waals surface area contributed by atoms with Gasteiger partial charge in [-0.1, -0.05) is 30.3 Å². The Labute approximate surface area is 106 Å². The van der Waals surface area contributed by atoms with Gasteiger partial charge in [-0.25, -0.2) is 0 Å². The summed E-state index contributed by atoms with van der Waals surface area (Å²) >= 11 is 0. The van der Waals surface area contributed by atoms with E-state index < -0.39 is 24.6 Å². The average Bonchev–Trinajstić information content (AvgIpc) is 2.40. The minimum atomic E-state index is -0.903. The smallest absolute Gasteiger partial charge is 0.184 e. The number of aliphatic hydroxyl groups excluding tert-OH is 3. The van der Waals surface area contributed by atoms with Crippen LogP contribution in [-0.2, 0) is 9.47 Å². The Morgan fingerprint density at radius 3 is 2.67 bits per heavy atom. The highest BCUT2D eigenvalue weighted by Gasteiger charge is 2.35. The van der Waals surface area contributed by atoms with Crippen LogP contribution in [0.4, 0.5) is 0 Å². The van der Waals surface area contributed by atoms with Gasteiger partial charge in [0, 0.05) is 12.2 Å².